The second-order valence-corrected chi connectivity index (χ2v) is 8.26. The van der Waals surface area contributed by atoms with Crippen molar-refractivity contribution >= 4 is 87.9 Å². The van der Waals surface area contributed by atoms with Crippen LogP contribution in [0.2, 0.25) is 0 Å². The molecule has 1 aromatic heterocycles. The number of anilines is 1. The Morgan fingerprint density at radius 1 is 1.20 bits per heavy atom. The van der Waals surface area contributed by atoms with Crippen LogP contribution in [0.1, 0.15) is 15.2 Å². The van der Waals surface area contributed by atoms with Crippen molar-refractivity contribution in [3.8, 4) is 0 Å². The molecule has 0 spiro atoms. The number of benzene rings is 1. The van der Waals surface area contributed by atoms with E-state index >= 15 is 0 Å². The molecule has 0 radical (unpaired) electrons. The molecule has 2 rings (SSSR count). The van der Waals surface area contributed by atoms with Crippen LogP contribution in [0.3, 0.4) is 0 Å². The number of halogens is 3. The molecule has 0 saturated heterocycles. The number of thiocarbonyl (C=S) groups is 1. The van der Waals surface area contributed by atoms with Crippen LogP contribution in [0, 0.1) is 0 Å². The van der Waals surface area contributed by atoms with Gasteiger partial charge in [0.2, 0.25) is 0 Å². The molecule has 1 heterocycles. The molecule has 20 heavy (non-hydrogen) atoms. The van der Waals surface area contributed by atoms with Crippen LogP contribution in [-0.2, 0) is 0 Å². The van der Waals surface area contributed by atoms with E-state index in [1.807, 2.05) is 0 Å². The van der Waals surface area contributed by atoms with Crippen LogP contribution in [0.25, 0.3) is 0 Å². The highest BCUT2D eigenvalue weighted by Gasteiger charge is 2.13. The van der Waals surface area contributed by atoms with Crippen LogP contribution >= 0.6 is 71.3 Å². The first-order chi connectivity index (χ1) is 9.38. The number of hydrogen-bond acceptors (Lipinski definition) is 3. The van der Waals surface area contributed by atoms with Crippen molar-refractivity contribution < 1.29 is 4.79 Å². The topological polar surface area (TPSA) is 55.1 Å². The van der Waals surface area contributed by atoms with Gasteiger partial charge in [-0.2, -0.15) is 0 Å². The average Bonchev–Trinajstić information content (AvgIpc) is 2.72. The monoisotopic (exact) mass is 496 g/mol. The van der Waals surface area contributed by atoms with Crippen molar-refractivity contribution in [1.29, 1.82) is 0 Å². The highest BCUT2D eigenvalue weighted by molar-refractivity contribution is 9.13. The standard InChI is InChI=1S/C12H7Br3N2OS2/c13-6-3-5(11(16)19)1-2-8(6)17-12(18)9-4-7(14)10(15)20-9/h1-4H,(H2,16,19)(H,17,18). The van der Waals surface area contributed by atoms with Crippen molar-refractivity contribution in [2.24, 2.45) is 5.73 Å². The van der Waals surface area contributed by atoms with Crippen molar-refractivity contribution in [1.82, 2.24) is 0 Å². The second kappa shape index (κ2) is 6.65. The number of rotatable bonds is 3. The fraction of sp³-hybridized carbons (Fsp3) is 0. The number of nitrogens with one attached hydrogen (secondary N) is 1. The third kappa shape index (κ3) is 3.67. The zero-order valence-corrected chi connectivity index (χ0v) is 16.1. The summed E-state index contributed by atoms with van der Waals surface area (Å²) in [7, 11) is 0. The lowest BCUT2D eigenvalue weighted by Gasteiger charge is -2.07. The summed E-state index contributed by atoms with van der Waals surface area (Å²) in [6.45, 7) is 0. The molecule has 0 atom stereocenters. The molecular formula is C12H7Br3N2OS2. The molecule has 3 N–H and O–H groups in total. The molecule has 0 aliphatic heterocycles. The predicted molar refractivity (Wildman–Crippen MR) is 97.7 cm³/mol. The van der Waals surface area contributed by atoms with Crippen molar-refractivity contribution in [2.75, 3.05) is 5.32 Å². The molecule has 0 saturated carbocycles. The molecule has 104 valence electrons. The Labute approximate surface area is 150 Å². The third-order valence-corrected chi connectivity index (χ3v) is 6.52. The fourth-order valence-electron chi connectivity index (χ4n) is 1.41. The summed E-state index contributed by atoms with van der Waals surface area (Å²) in [6.07, 6.45) is 0. The summed E-state index contributed by atoms with van der Waals surface area (Å²) in [5, 5.41) is 2.83. The van der Waals surface area contributed by atoms with Gasteiger partial charge in [0.15, 0.2) is 0 Å². The Balaban J connectivity index is 2.21. The van der Waals surface area contributed by atoms with Crippen molar-refractivity contribution in [2.45, 2.75) is 0 Å². The van der Waals surface area contributed by atoms with Crippen LogP contribution in [-0.4, -0.2) is 10.9 Å². The maximum atomic E-state index is 12.1. The van der Waals surface area contributed by atoms with Crippen molar-refractivity contribution in [3.05, 3.63) is 47.4 Å². The van der Waals surface area contributed by atoms with Gasteiger partial charge in [-0.3, -0.25) is 4.79 Å². The van der Waals surface area contributed by atoms with E-state index in [1.165, 1.54) is 11.3 Å². The summed E-state index contributed by atoms with van der Waals surface area (Å²) in [6, 6.07) is 7.07. The molecule has 3 nitrogen and oxygen atoms in total. The Kier molecular flexibility index (Phi) is 5.36. The number of amides is 1. The van der Waals surface area contributed by atoms with Gasteiger partial charge in [0, 0.05) is 14.5 Å². The summed E-state index contributed by atoms with van der Waals surface area (Å²) in [5.41, 5.74) is 6.96. The number of carbonyl (C=O) groups is 1. The van der Waals surface area contributed by atoms with Gasteiger partial charge in [-0.15, -0.1) is 11.3 Å². The Hall–Kier alpha value is -0.280. The van der Waals surface area contributed by atoms with Gasteiger partial charge < -0.3 is 11.1 Å². The summed E-state index contributed by atoms with van der Waals surface area (Å²) in [5.74, 6) is -0.176. The zero-order chi connectivity index (χ0) is 14.9. The molecule has 1 aromatic carbocycles. The maximum Gasteiger partial charge on any atom is 0.265 e. The molecule has 0 bridgehead atoms. The molecule has 0 fully saturated rings. The molecular weight excluding hydrogens is 492 g/mol. The Morgan fingerprint density at radius 3 is 2.40 bits per heavy atom. The van der Waals surface area contributed by atoms with E-state index in [9.17, 15) is 4.79 Å². The average molecular weight is 499 g/mol. The van der Waals surface area contributed by atoms with Gasteiger partial charge in [0.05, 0.1) is 14.4 Å². The SMILES string of the molecule is NC(=S)c1ccc(NC(=O)c2cc(Br)c(Br)s2)c(Br)c1. The minimum Gasteiger partial charge on any atom is -0.389 e. The lowest BCUT2D eigenvalue weighted by atomic mass is 10.2. The second-order valence-electron chi connectivity index (χ2n) is 3.75. The van der Waals surface area contributed by atoms with E-state index in [0.717, 1.165) is 18.3 Å². The largest absolute Gasteiger partial charge is 0.389 e. The lowest BCUT2D eigenvalue weighted by Crippen LogP contribution is -2.12. The molecule has 0 aliphatic carbocycles. The van der Waals surface area contributed by atoms with Crippen molar-refractivity contribution in [3.63, 3.8) is 0 Å². The van der Waals surface area contributed by atoms with Gasteiger partial charge in [0.1, 0.15) is 4.99 Å². The summed E-state index contributed by atoms with van der Waals surface area (Å²) in [4.78, 5) is 13.1. The van der Waals surface area contributed by atoms with E-state index in [2.05, 4.69) is 53.1 Å². The predicted octanol–water partition coefficient (Wildman–Crippen LogP) is 4.92. The van der Waals surface area contributed by atoms with E-state index in [4.69, 9.17) is 18.0 Å². The summed E-state index contributed by atoms with van der Waals surface area (Å²) < 4.78 is 2.46. The zero-order valence-electron chi connectivity index (χ0n) is 9.75. The minimum atomic E-state index is -0.176. The van der Waals surface area contributed by atoms with E-state index in [1.54, 1.807) is 24.3 Å². The van der Waals surface area contributed by atoms with Gasteiger partial charge >= 0.3 is 0 Å². The van der Waals surface area contributed by atoms with E-state index in [-0.39, 0.29) is 5.91 Å². The van der Waals surface area contributed by atoms with Crippen LogP contribution in [0.15, 0.2) is 37.0 Å². The first-order valence-electron chi connectivity index (χ1n) is 5.24. The Morgan fingerprint density at radius 2 is 1.90 bits per heavy atom. The molecule has 1 amide bonds. The quantitative estimate of drug-likeness (QED) is 0.590. The van der Waals surface area contributed by atoms with Crippen LogP contribution in [0.4, 0.5) is 5.69 Å². The highest BCUT2D eigenvalue weighted by Crippen LogP contribution is 2.33. The fourth-order valence-corrected chi connectivity index (χ4v) is 3.95. The third-order valence-electron chi connectivity index (χ3n) is 2.37. The molecule has 0 unspecified atom stereocenters. The molecule has 2 aromatic rings. The van der Waals surface area contributed by atoms with Crippen LogP contribution in [0.5, 0.6) is 0 Å². The van der Waals surface area contributed by atoms with Gasteiger partial charge in [0.25, 0.3) is 5.91 Å². The number of thiophene rings is 1. The lowest BCUT2D eigenvalue weighted by molar-refractivity contribution is 0.103. The van der Waals surface area contributed by atoms with Gasteiger partial charge in [-0.1, -0.05) is 12.2 Å². The van der Waals surface area contributed by atoms with E-state index in [0.29, 0.717) is 15.6 Å². The van der Waals surface area contributed by atoms with Gasteiger partial charge in [-0.25, -0.2) is 0 Å². The minimum absolute atomic E-state index is 0.176. The first-order valence-corrected chi connectivity index (χ1v) is 8.84. The maximum absolute atomic E-state index is 12.1. The van der Waals surface area contributed by atoms with E-state index < -0.39 is 0 Å². The Bertz CT molecular complexity index is 681. The number of nitrogens with two attached hydrogens (primary N) is 1. The first kappa shape index (κ1) is 16.1. The van der Waals surface area contributed by atoms with Gasteiger partial charge in [-0.05, 0) is 72.1 Å². The highest BCUT2D eigenvalue weighted by atomic mass is 79.9. The number of hydrogen-bond donors (Lipinski definition) is 2. The van der Waals surface area contributed by atoms with Crippen LogP contribution < -0.4 is 11.1 Å². The number of carbonyl (C=O) groups excluding carboxylic acids is 1. The molecule has 0 aliphatic rings. The molecule has 8 heteroatoms. The smallest absolute Gasteiger partial charge is 0.265 e. The summed E-state index contributed by atoms with van der Waals surface area (Å²) >= 11 is 16.4. The normalized spacial score (nSPS) is 10.3.